The van der Waals surface area contributed by atoms with Crippen molar-refractivity contribution >= 4 is 5.84 Å². The summed E-state index contributed by atoms with van der Waals surface area (Å²) in [4.78, 5) is 0. The standard InChI is InChI=1S/C18H21FN2O/c1-18(2,3)14-6-8-15(9-7-14)22-11-13-5-4-12(17(20)21)10-16(13)19/h4-10H,11H2,1-3H3,(H3,20,21). The van der Waals surface area contributed by atoms with E-state index in [0.29, 0.717) is 16.9 Å². The number of hydrogen-bond donors (Lipinski definition) is 2. The van der Waals surface area contributed by atoms with Crippen LogP contribution in [-0.2, 0) is 12.0 Å². The van der Waals surface area contributed by atoms with Crippen LogP contribution >= 0.6 is 0 Å². The van der Waals surface area contributed by atoms with Gasteiger partial charge in [0.1, 0.15) is 24.0 Å². The summed E-state index contributed by atoms with van der Waals surface area (Å²) in [5, 5.41) is 7.29. The molecule has 3 nitrogen and oxygen atoms in total. The Labute approximate surface area is 130 Å². The molecule has 0 bridgehead atoms. The van der Waals surface area contributed by atoms with Gasteiger partial charge in [-0.05, 0) is 29.2 Å². The average molecular weight is 300 g/mol. The van der Waals surface area contributed by atoms with Crippen LogP contribution in [0, 0.1) is 11.2 Å². The highest BCUT2D eigenvalue weighted by Gasteiger charge is 2.13. The summed E-state index contributed by atoms with van der Waals surface area (Å²) in [6.45, 7) is 6.58. The molecule has 0 radical (unpaired) electrons. The van der Waals surface area contributed by atoms with Crippen molar-refractivity contribution in [2.24, 2.45) is 5.73 Å². The first-order chi connectivity index (χ1) is 10.3. The SMILES string of the molecule is CC(C)(C)c1ccc(OCc2ccc(C(=N)N)cc2F)cc1. The minimum absolute atomic E-state index is 0.0904. The molecular formula is C18H21FN2O. The number of nitrogens with one attached hydrogen (secondary N) is 1. The zero-order valence-electron chi connectivity index (χ0n) is 13.1. The molecule has 2 aromatic rings. The van der Waals surface area contributed by atoms with Gasteiger partial charge in [-0.15, -0.1) is 0 Å². The van der Waals surface area contributed by atoms with Crippen molar-refractivity contribution in [3.05, 3.63) is 65.0 Å². The van der Waals surface area contributed by atoms with Crippen molar-refractivity contribution in [1.82, 2.24) is 0 Å². The summed E-state index contributed by atoms with van der Waals surface area (Å²) >= 11 is 0. The van der Waals surface area contributed by atoms with E-state index in [1.807, 2.05) is 24.3 Å². The first-order valence-electron chi connectivity index (χ1n) is 7.13. The number of ether oxygens (including phenoxy) is 1. The second-order valence-corrected chi connectivity index (χ2v) is 6.28. The van der Waals surface area contributed by atoms with Gasteiger partial charge in [-0.1, -0.05) is 45.0 Å². The fourth-order valence-corrected chi connectivity index (χ4v) is 2.04. The lowest BCUT2D eigenvalue weighted by Gasteiger charge is -2.19. The Morgan fingerprint density at radius 3 is 2.27 bits per heavy atom. The van der Waals surface area contributed by atoms with Crippen LogP contribution in [0.2, 0.25) is 0 Å². The molecule has 4 heteroatoms. The Morgan fingerprint density at radius 1 is 1.14 bits per heavy atom. The third-order valence-corrected chi connectivity index (χ3v) is 3.48. The Balaban J connectivity index is 2.05. The highest BCUT2D eigenvalue weighted by molar-refractivity contribution is 5.94. The molecule has 22 heavy (non-hydrogen) atoms. The molecule has 3 N–H and O–H groups in total. The Hall–Kier alpha value is -2.36. The van der Waals surface area contributed by atoms with Gasteiger partial charge in [0.05, 0.1) is 0 Å². The van der Waals surface area contributed by atoms with Gasteiger partial charge in [0.2, 0.25) is 0 Å². The van der Waals surface area contributed by atoms with Gasteiger partial charge >= 0.3 is 0 Å². The maximum Gasteiger partial charge on any atom is 0.130 e. The lowest BCUT2D eigenvalue weighted by molar-refractivity contribution is 0.299. The predicted molar refractivity (Wildman–Crippen MR) is 86.9 cm³/mol. The van der Waals surface area contributed by atoms with E-state index in [9.17, 15) is 4.39 Å². The van der Waals surface area contributed by atoms with E-state index >= 15 is 0 Å². The number of nitrogen functional groups attached to an aromatic ring is 1. The predicted octanol–water partition coefficient (Wildman–Crippen LogP) is 3.99. The molecular weight excluding hydrogens is 279 g/mol. The zero-order chi connectivity index (χ0) is 16.3. The molecule has 116 valence electrons. The highest BCUT2D eigenvalue weighted by atomic mass is 19.1. The van der Waals surface area contributed by atoms with E-state index in [2.05, 4.69) is 20.8 Å². The topological polar surface area (TPSA) is 59.1 Å². The Kier molecular flexibility index (Phi) is 4.50. The second-order valence-electron chi connectivity index (χ2n) is 6.28. The molecule has 0 aromatic heterocycles. The van der Waals surface area contributed by atoms with Gasteiger partial charge in [-0.25, -0.2) is 4.39 Å². The van der Waals surface area contributed by atoms with Crippen LogP contribution in [0.1, 0.15) is 37.5 Å². The zero-order valence-corrected chi connectivity index (χ0v) is 13.1. The Morgan fingerprint density at radius 2 is 1.77 bits per heavy atom. The lowest BCUT2D eigenvalue weighted by atomic mass is 9.87. The Bertz CT molecular complexity index is 672. The van der Waals surface area contributed by atoms with Crippen molar-refractivity contribution in [2.45, 2.75) is 32.8 Å². The van der Waals surface area contributed by atoms with E-state index in [4.69, 9.17) is 15.9 Å². The number of nitrogens with two attached hydrogens (primary N) is 1. The monoisotopic (exact) mass is 300 g/mol. The molecule has 0 saturated heterocycles. The van der Waals surface area contributed by atoms with Crippen LogP contribution in [0.25, 0.3) is 0 Å². The number of benzene rings is 2. The molecule has 0 amide bonds. The number of halogens is 1. The van der Waals surface area contributed by atoms with Crippen LogP contribution in [0.3, 0.4) is 0 Å². The van der Waals surface area contributed by atoms with Gasteiger partial charge in [0, 0.05) is 11.1 Å². The summed E-state index contributed by atoms with van der Waals surface area (Å²) in [5.41, 5.74) is 7.45. The molecule has 2 aromatic carbocycles. The first-order valence-corrected chi connectivity index (χ1v) is 7.13. The van der Waals surface area contributed by atoms with E-state index < -0.39 is 5.82 Å². The van der Waals surface area contributed by atoms with E-state index in [1.165, 1.54) is 11.6 Å². The number of hydrogen-bond acceptors (Lipinski definition) is 2. The first kappa shape index (κ1) is 16.0. The van der Waals surface area contributed by atoms with Crippen LogP contribution < -0.4 is 10.5 Å². The fraction of sp³-hybridized carbons (Fsp3) is 0.278. The summed E-state index contributed by atoms with van der Waals surface area (Å²) in [6.07, 6.45) is 0. The maximum absolute atomic E-state index is 13.9. The molecule has 0 aliphatic heterocycles. The molecule has 2 rings (SSSR count). The summed E-state index contributed by atoms with van der Waals surface area (Å²) in [5.74, 6) is 0.131. The fourth-order valence-electron chi connectivity index (χ4n) is 2.04. The summed E-state index contributed by atoms with van der Waals surface area (Å²) in [6, 6.07) is 12.3. The molecule has 0 unspecified atom stereocenters. The third-order valence-electron chi connectivity index (χ3n) is 3.48. The number of amidine groups is 1. The molecule has 0 spiro atoms. The molecule has 0 aliphatic rings. The van der Waals surface area contributed by atoms with Gasteiger partial charge in [-0.2, -0.15) is 0 Å². The van der Waals surface area contributed by atoms with Crippen molar-refractivity contribution in [3.8, 4) is 5.75 Å². The number of rotatable bonds is 4. The van der Waals surface area contributed by atoms with E-state index in [1.54, 1.807) is 12.1 Å². The average Bonchev–Trinajstić information content (AvgIpc) is 2.45. The minimum atomic E-state index is -0.418. The quantitative estimate of drug-likeness (QED) is 0.662. The third kappa shape index (κ3) is 3.85. The minimum Gasteiger partial charge on any atom is -0.489 e. The van der Waals surface area contributed by atoms with E-state index in [0.717, 1.165) is 0 Å². The molecule has 0 saturated carbocycles. The van der Waals surface area contributed by atoms with E-state index in [-0.39, 0.29) is 17.9 Å². The van der Waals surface area contributed by atoms with Crippen molar-refractivity contribution in [2.75, 3.05) is 0 Å². The van der Waals surface area contributed by atoms with Crippen LogP contribution in [-0.4, -0.2) is 5.84 Å². The highest BCUT2D eigenvalue weighted by Crippen LogP contribution is 2.24. The maximum atomic E-state index is 13.9. The van der Waals surface area contributed by atoms with Gasteiger partial charge in [0.25, 0.3) is 0 Å². The summed E-state index contributed by atoms with van der Waals surface area (Å²) < 4.78 is 19.5. The van der Waals surface area contributed by atoms with Crippen LogP contribution in [0.5, 0.6) is 5.75 Å². The van der Waals surface area contributed by atoms with Gasteiger partial charge in [-0.3, -0.25) is 5.41 Å². The molecule has 0 atom stereocenters. The molecule has 0 heterocycles. The molecule has 0 aliphatic carbocycles. The smallest absolute Gasteiger partial charge is 0.130 e. The van der Waals surface area contributed by atoms with Gasteiger partial charge < -0.3 is 10.5 Å². The lowest BCUT2D eigenvalue weighted by Crippen LogP contribution is -2.12. The van der Waals surface area contributed by atoms with Gasteiger partial charge in [0.15, 0.2) is 0 Å². The van der Waals surface area contributed by atoms with Crippen molar-refractivity contribution in [3.63, 3.8) is 0 Å². The summed E-state index contributed by atoms with van der Waals surface area (Å²) in [7, 11) is 0. The van der Waals surface area contributed by atoms with Crippen LogP contribution in [0.15, 0.2) is 42.5 Å². The van der Waals surface area contributed by atoms with Crippen LogP contribution in [0.4, 0.5) is 4.39 Å². The molecule has 0 fully saturated rings. The van der Waals surface area contributed by atoms with Crippen molar-refractivity contribution < 1.29 is 9.13 Å². The normalized spacial score (nSPS) is 11.3. The largest absolute Gasteiger partial charge is 0.489 e. The second kappa shape index (κ2) is 6.18. The van der Waals surface area contributed by atoms with Crippen molar-refractivity contribution in [1.29, 1.82) is 5.41 Å².